The van der Waals surface area contributed by atoms with Gasteiger partial charge < -0.3 is 0 Å². The first kappa shape index (κ1) is 13.3. The molecule has 0 bridgehead atoms. The van der Waals surface area contributed by atoms with Gasteiger partial charge in [0.2, 0.25) is 0 Å². The van der Waals surface area contributed by atoms with E-state index in [4.69, 9.17) is 5.84 Å². The Kier molecular flexibility index (Phi) is 9.03. The number of rotatable bonds is 8. The average molecular weight is 204 g/mol. The molecule has 0 aliphatic heterocycles. The van der Waals surface area contributed by atoms with Gasteiger partial charge in [-0.3, -0.25) is 11.3 Å². The molecule has 3 N–H and O–H groups in total. The van der Waals surface area contributed by atoms with Gasteiger partial charge in [-0.15, -0.1) is 0 Å². The number of hydrazine groups is 1. The lowest BCUT2D eigenvalue weighted by atomic mass is 9.99. The van der Waals surface area contributed by atoms with Crippen LogP contribution >= 0.6 is 11.8 Å². The van der Waals surface area contributed by atoms with E-state index in [-0.39, 0.29) is 0 Å². The van der Waals surface area contributed by atoms with Gasteiger partial charge >= 0.3 is 0 Å². The summed E-state index contributed by atoms with van der Waals surface area (Å²) in [5, 5.41) is 0. The van der Waals surface area contributed by atoms with Crippen LogP contribution in [0.3, 0.4) is 0 Å². The van der Waals surface area contributed by atoms with E-state index >= 15 is 0 Å². The van der Waals surface area contributed by atoms with E-state index < -0.39 is 0 Å². The van der Waals surface area contributed by atoms with Crippen molar-refractivity contribution in [2.75, 3.05) is 11.5 Å². The first-order chi connectivity index (χ1) is 6.26. The van der Waals surface area contributed by atoms with Crippen molar-refractivity contribution in [3.63, 3.8) is 0 Å². The molecule has 0 aromatic carbocycles. The van der Waals surface area contributed by atoms with E-state index in [9.17, 15) is 0 Å². The molecule has 0 fully saturated rings. The summed E-state index contributed by atoms with van der Waals surface area (Å²) in [6.45, 7) is 6.72. The molecule has 0 spiro atoms. The third-order valence-electron chi connectivity index (χ3n) is 2.29. The molecule has 0 aliphatic carbocycles. The van der Waals surface area contributed by atoms with Gasteiger partial charge in [0, 0.05) is 11.8 Å². The van der Waals surface area contributed by atoms with Crippen LogP contribution in [0.15, 0.2) is 0 Å². The van der Waals surface area contributed by atoms with Gasteiger partial charge in [-0.25, -0.2) is 0 Å². The molecule has 3 heteroatoms. The fourth-order valence-corrected chi connectivity index (χ4v) is 2.52. The zero-order valence-corrected chi connectivity index (χ0v) is 9.99. The molecule has 0 aromatic heterocycles. The van der Waals surface area contributed by atoms with Gasteiger partial charge in [-0.1, -0.05) is 27.2 Å². The van der Waals surface area contributed by atoms with E-state index in [1.165, 1.54) is 25.0 Å². The number of nitrogens with one attached hydrogen (secondary N) is 1. The number of hydrogen-bond acceptors (Lipinski definition) is 3. The number of thioether (sulfide) groups is 1. The minimum atomic E-state index is 0.483. The van der Waals surface area contributed by atoms with Crippen molar-refractivity contribution in [3.05, 3.63) is 0 Å². The van der Waals surface area contributed by atoms with Crippen LogP contribution in [0, 0.1) is 5.92 Å². The second-order valence-corrected chi connectivity index (χ2v) is 4.76. The highest BCUT2D eigenvalue weighted by molar-refractivity contribution is 7.99. The zero-order chi connectivity index (χ0) is 10.1. The second kappa shape index (κ2) is 8.85. The van der Waals surface area contributed by atoms with Crippen molar-refractivity contribution < 1.29 is 0 Å². The van der Waals surface area contributed by atoms with Crippen molar-refractivity contribution in [2.45, 2.75) is 46.1 Å². The van der Waals surface area contributed by atoms with Crippen molar-refractivity contribution in [1.82, 2.24) is 5.43 Å². The molecule has 0 aromatic rings. The maximum absolute atomic E-state index is 5.52. The summed E-state index contributed by atoms with van der Waals surface area (Å²) in [6.07, 6.45) is 3.77. The molecule has 13 heavy (non-hydrogen) atoms. The molecule has 0 saturated heterocycles. The highest BCUT2D eigenvalue weighted by atomic mass is 32.2. The summed E-state index contributed by atoms with van der Waals surface area (Å²) in [7, 11) is 0. The molecule has 0 aliphatic rings. The second-order valence-electron chi connectivity index (χ2n) is 3.61. The van der Waals surface area contributed by atoms with Gasteiger partial charge in [-0.05, 0) is 24.5 Å². The van der Waals surface area contributed by atoms with Gasteiger partial charge in [-0.2, -0.15) is 11.8 Å². The van der Waals surface area contributed by atoms with Crippen LogP contribution in [-0.4, -0.2) is 17.5 Å². The third-order valence-corrected chi connectivity index (χ3v) is 3.58. The Balaban J connectivity index is 3.60. The minimum absolute atomic E-state index is 0.483. The summed E-state index contributed by atoms with van der Waals surface area (Å²) >= 11 is 2.00. The van der Waals surface area contributed by atoms with Crippen LogP contribution in [0.2, 0.25) is 0 Å². The molecule has 2 unspecified atom stereocenters. The molecular formula is C10H24N2S. The van der Waals surface area contributed by atoms with Crippen molar-refractivity contribution in [2.24, 2.45) is 11.8 Å². The molecule has 2 nitrogen and oxygen atoms in total. The summed E-state index contributed by atoms with van der Waals surface area (Å²) in [5.74, 6) is 8.61. The predicted molar refractivity (Wildman–Crippen MR) is 62.8 cm³/mol. The standard InChI is InChI=1S/C10H24N2S/c1-4-6-9(3)10(12-11)8-13-7-5-2/h9-10,12H,4-8,11H2,1-3H3. The molecule has 0 heterocycles. The first-order valence-electron chi connectivity index (χ1n) is 5.30. The van der Waals surface area contributed by atoms with Gasteiger partial charge in [0.05, 0.1) is 0 Å². The largest absolute Gasteiger partial charge is 0.271 e. The first-order valence-corrected chi connectivity index (χ1v) is 6.45. The summed E-state index contributed by atoms with van der Waals surface area (Å²) in [6, 6.07) is 0.483. The normalized spacial score (nSPS) is 15.7. The monoisotopic (exact) mass is 204 g/mol. The van der Waals surface area contributed by atoms with Crippen LogP contribution in [-0.2, 0) is 0 Å². The zero-order valence-electron chi connectivity index (χ0n) is 9.18. The lowest BCUT2D eigenvalue weighted by Crippen LogP contribution is -2.41. The SMILES string of the molecule is CCCSCC(NN)C(C)CCC. The van der Waals surface area contributed by atoms with Crippen LogP contribution < -0.4 is 11.3 Å². The van der Waals surface area contributed by atoms with Crippen LogP contribution in [0.25, 0.3) is 0 Å². The Morgan fingerprint density at radius 3 is 2.46 bits per heavy atom. The highest BCUT2D eigenvalue weighted by Gasteiger charge is 2.14. The molecule has 2 atom stereocenters. The third kappa shape index (κ3) is 6.36. The van der Waals surface area contributed by atoms with Crippen LogP contribution in [0.5, 0.6) is 0 Å². The highest BCUT2D eigenvalue weighted by Crippen LogP contribution is 2.15. The molecule has 0 rings (SSSR count). The van der Waals surface area contributed by atoms with E-state index in [1.807, 2.05) is 11.8 Å². The van der Waals surface area contributed by atoms with Gasteiger partial charge in [0.25, 0.3) is 0 Å². The summed E-state index contributed by atoms with van der Waals surface area (Å²) < 4.78 is 0. The average Bonchev–Trinajstić information content (AvgIpc) is 2.13. The van der Waals surface area contributed by atoms with Crippen molar-refractivity contribution in [1.29, 1.82) is 0 Å². The molecular weight excluding hydrogens is 180 g/mol. The lowest BCUT2D eigenvalue weighted by molar-refractivity contribution is 0.387. The van der Waals surface area contributed by atoms with E-state index in [0.29, 0.717) is 12.0 Å². The maximum atomic E-state index is 5.52. The predicted octanol–water partition coefficient (Wildman–Crippen LogP) is 2.40. The Labute approximate surface area is 87.0 Å². The number of nitrogens with two attached hydrogens (primary N) is 1. The summed E-state index contributed by atoms with van der Waals surface area (Å²) in [4.78, 5) is 0. The van der Waals surface area contributed by atoms with E-state index in [2.05, 4.69) is 26.2 Å². The number of hydrogen-bond donors (Lipinski definition) is 2. The van der Waals surface area contributed by atoms with Gasteiger partial charge in [0.1, 0.15) is 0 Å². The van der Waals surface area contributed by atoms with Crippen LogP contribution in [0.1, 0.15) is 40.0 Å². The maximum Gasteiger partial charge on any atom is 0.0326 e. The lowest BCUT2D eigenvalue weighted by Gasteiger charge is -2.22. The topological polar surface area (TPSA) is 38.0 Å². The molecule has 0 amide bonds. The fraction of sp³-hybridized carbons (Fsp3) is 1.00. The molecule has 80 valence electrons. The van der Waals surface area contributed by atoms with Gasteiger partial charge in [0.15, 0.2) is 0 Å². The van der Waals surface area contributed by atoms with Crippen molar-refractivity contribution in [3.8, 4) is 0 Å². The molecule has 0 saturated carbocycles. The quantitative estimate of drug-likeness (QED) is 0.362. The summed E-state index contributed by atoms with van der Waals surface area (Å²) in [5.41, 5.74) is 2.92. The fourth-order valence-electron chi connectivity index (χ4n) is 1.39. The van der Waals surface area contributed by atoms with E-state index in [1.54, 1.807) is 0 Å². The van der Waals surface area contributed by atoms with E-state index in [0.717, 1.165) is 5.75 Å². The Morgan fingerprint density at radius 2 is 2.00 bits per heavy atom. The Morgan fingerprint density at radius 1 is 1.31 bits per heavy atom. The Hall–Kier alpha value is 0.270. The molecule has 0 radical (unpaired) electrons. The Bertz CT molecular complexity index is 109. The van der Waals surface area contributed by atoms with Crippen molar-refractivity contribution >= 4 is 11.8 Å². The van der Waals surface area contributed by atoms with Crippen LogP contribution in [0.4, 0.5) is 0 Å². The smallest absolute Gasteiger partial charge is 0.0326 e. The minimum Gasteiger partial charge on any atom is -0.271 e.